The van der Waals surface area contributed by atoms with Crippen LogP contribution in [0.3, 0.4) is 0 Å². The lowest BCUT2D eigenvalue weighted by molar-refractivity contribution is -0.142. The van der Waals surface area contributed by atoms with Crippen molar-refractivity contribution in [3.05, 3.63) is 71.8 Å². The zero-order chi connectivity index (χ0) is 20.4. The Hall–Kier alpha value is -3.41. The molecule has 1 N–H and O–H groups in total. The third-order valence-electron chi connectivity index (χ3n) is 3.51. The van der Waals surface area contributed by atoms with Gasteiger partial charge in [0.2, 0.25) is 0 Å². The number of hydrogen-bond donors (Lipinski definition) is 1. The van der Waals surface area contributed by atoms with Crippen LogP contribution < -0.4 is 5.32 Å². The first-order chi connectivity index (χ1) is 13.4. The van der Waals surface area contributed by atoms with Crippen LogP contribution >= 0.6 is 0 Å². The van der Waals surface area contributed by atoms with Crippen LogP contribution in [0.2, 0.25) is 0 Å². The maximum atomic E-state index is 11.9. The van der Waals surface area contributed by atoms with E-state index in [-0.39, 0.29) is 5.92 Å². The second-order valence-corrected chi connectivity index (χ2v) is 6.47. The molecule has 0 unspecified atom stereocenters. The minimum Gasteiger partial charge on any atom is -0.462 e. The van der Waals surface area contributed by atoms with E-state index in [4.69, 9.17) is 9.47 Å². The van der Waals surface area contributed by atoms with Gasteiger partial charge in [-0.05, 0) is 41.8 Å². The summed E-state index contributed by atoms with van der Waals surface area (Å²) in [6.07, 6.45) is 2.87. The fraction of sp³-hybridized carbons (Fsp3) is 0.227. The van der Waals surface area contributed by atoms with E-state index >= 15 is 0 Å². The Kier molecular flexibility index (Phi) is 7.96. The van der Waals surface area contributed by atoms with Crippen molar-refractivity contribution in [2.75, 3.05) is 18.5 Å². The molecule has 0 spiro atoms. The smallest absolute Gasteiger partial charge is 0.338 e. The lowest BCUT2D eigenvalue weighted by atomic mass is 10.2. The summed E-state index contributed by atoms with van der Waals surface area (Å²) in [5, 5.41) is 2.60. The quantitative estimate of drug-likeness (QED) is 0.557. The summed E-state index contributed by atoms with van der Waals surface area (Å²) in [5.41, 5.74) is 1.74. The highest BCUT2D eigenvalue weighted by Crippen LogP contribution is 2.11. The molecular weight excluding hydrogens is 358 g/mol. The van der Waals surface area contributed by atoms with E-state index in [9.17, 15) is 14.4 Å². The van der Waals surface area contributed by atoms with Gasteiger partial charge in [0.15, 0.2) is 6.61 Å². The van der Waals surface area contributed by atoms with Crippen LogP contribution in [0.4, 0.5) is 5.69 Å². The highest BCUT2D eigenvalue weighted by Gasteiger charge is 2.09. The van der Waals surface area contributed by atoms with Gasteiger partial charge < -0.3 is 14.8 Å². The van der Waals surface area contributed by atoms with Gasteiger partial charge in [-0.25, -0.2) is 9.59 Å². The lowest BCUT2D eigenvalue weighted by Gasteiger charge is -2.08. The fourth-order valence-electron chi connectivity index (χ4n) is 2.13. The Morgan fingerprint density at radius 1 is 0.964 bits per heavy atom. The van der Waals surface area contributed by atoms with Gasteiger partial charge in [-0.15, -0.1) is 0 Å². The van der Waals surface area contributed by atoms with Gasteiger partial charge in [0.25, 0.3) is 5.91 Å². The predicted octanol–water partition coefficient (Wildman–Crippen LogP) is 3.69. The van der Waals surface area contributed by atoms with Crippen molar-refractivity contribution in [1.29, 1.82) is 0 Å². The maximum absolute atomic E-state index is 11.9. The monoisotopic (exact) mass is 381 g/mol. The molecule has 0 atom stereocenters. The topological polar surface area (TPSA) is 81.7 Å². The van der Waals surface area contributed by atoms with Gasteiger partial charge in [0.05, 0.1) is 12.2 Å². The van der Waals surface area contributed by atoms with Crippen LogP contribution in [0, 0.1) is 5.92 Å². The van der Waals surface area contributed by atoms with Gasteiger partial charge in [-0.3, -0.25) is 4.79 Å². The molecule has 0 aliphatic carbocycles. The maximum Gasteiger partial charge on any atom is 0.338 e. The number of hydrogen-bond acceptors (Lipinski definition) is 5. The molecule has 0 saturated heterocycles. The summed E-state index contributed by atoms with van der Waals surface area (Å²) in [4.78, 5) is 35.4. The summed E-state index contributed by atoms with van der Waals surface area (Å²) in [5.74, 6) is -1.24. The molecule has 146 valence electrons. The van der Waals surface area contributed by atoms with Crippen molar-refractivity contribution in [2.24, 2.45) is 5.92 Å². The summed E-state index contributed by atoms with van der Waals surface area (Å²) < 4.78 is 10.0. The minimum absolute atomic E-state index is 0.257. The number of benzene rings is 2. The largest absolute Gasteiger partial charge is 0.462 e. The van der Waals surface area contributed by atoms with Gasteiger partial charge in [0.1, 0.15) is 0 Å². The third-order valence-corrected chi connectivity index (χ3v) is 3.51. The second-order valence-electron chi connectivity index (χ2n) is 6.47. The first-order valence-corrected chi connectivity index (χ1v) is 8.91. The number of amides is 1. The van der Waals surface area contributed by atoms with E-state index in [2.05, 4.69) is 5.32 Å². The number of carbonyl (C=O) groups is 3. The fourth-order valence-corrected chi connectivity index (χ4v) is 2.13. The molecule has 0 saturated carbocycles. The van der Waals surface area contributed by atoms with E-state index in [0.717, 1.165) is 5.56 Å². The SMILES string of the molecule is CC(C)COC(=O)c1ccc(NC(=O)COC(=O)/C=C/c2ccccc2)cc1. The number of anilines is 1. The molecule has 2 aromatic rings. The van der Waals surface area contributed by atoms with E-state index in [0.29, 0.717) is 17.9 Å². The zero-order valence-corrected chi connectivity index (χ0v) is 15.9. The average Bonchev–Trinajstić information content (AvgIpc) is 2.70. The Morgan fingerprint density at radius 2 is 1.64 bits per heavy atom. The highest BCUT2D eigenvalue weighted by molar-refractivity contribution is 5.95. The molecule has 2 aromatic carbocycles. The number of rotatable bonds is 8. The van der Waals surface area contributed by atoms with Gasteiger partial charge in [-0.2, -0.15) is 0 Å². The van der Waals surface area contributed by atoms with Gasteiger partial charge in [-0.1, -0.05) is 44.2 Å². The van der Waals surface area contributed by atoms with Crippen LogP contribution in [-0.2, 0) is 19.1 Å². The Labute approximate surface area is 164 Å². The van der Waals surface area contributed by atoms with E-state index in [1.807, 2.05) is 44.2 Å². The highest BCUT2D eigenvalue weighted by atomic mass is 16.5. The van der Waals surface area contributed by atoms with E-state index in [1.165, 1.54) is 6.08 Å². The summed E-state index contributed by atoms with van der Waals surface area (Å²) in [6, 6.07) is 15.6. The molecule has 0 bridgehead atoms. The molecular formula is C22H23NO5. The summed E-state index contributed by atoms with van der Waals surface area (Å²) in [7, 11) is 0. The van der Waals surface area contributed by atoms with Crippen molar-refractivity contribution in [2.45, 2.75) is 13.8 Å². The molecule has 6 nitrogen and oxygen atoms in total. The minimum atomic E-state index is -0.609. The molecule has 6 heteroatoms. The standard InChI is InChI=1S/C22H23NO5/c1-16(2)14-28-22(26)18-9-11-19(12-10-18)23-20(24)15-27-21(25)13-8-17-6-4-3-5-7-17/h3-13,16H,14-15H2,1-2H3,(H,23,24)/b13-8+. The summed E-state index contributed by atoms with van der Waals surface area (Å²) >= 11 is 0. The number of nitrogens with one attached hydrogen (secondary N) is 1. The molecule has 0 fully saturated rings. The first-order valence-electron chi connectivity index (χ1n) is 8.91. The van der Waals surface area contributed by atoms with Crippen LogP contribution in [-0.4, -0.2) is 31.1 Å². The Morgan fingerprint density at radius 3 is 2.29 bits per heavy atom. The molecule has 0 aromatic heterocycles. The normalized spacial score (nSPS) is 10.7. The molecule has 0 aliphatic rings. The van der Waals surface area contributed by atoms with Crippen LogP contribution in [0.25, 0.3) is 6.08 Å². The Bertz CT molecular complexity index is 826. The molecule has 0 heterocycles. The molecule has 2 rings (SSSR count). The number of carbonyl (C=O) groups excluding carboxylic acids is 3. The van der Waals surface area contributed by atoms with Crippen molar-refractivity contribution < 1.29 is 23.9 Å². The zero-order valence-electron chi connectivity index (χ0n) is 15.9. The number of ether oxygens (including phenoxy) is 2. The number of esters is 2. The Balaban J connectivity index is 1.77. The van der Waals surface area contributed by atoms with Crippen molar-refractivity contribution in [3.63, 3.8) is 0 Å². The van der Waals surface area contributed by atoms with Crippen molar-refractivity contribution in [1.82, 2.24) is 0 Å². The predicted molar refractivity (Wildman–Crippen MR) is 107 cm³/mol. The van der Waals surface area contributed by atoms with E-state index < -0.39 is 24.5 Å². The molecule has 1 amide bonds. The van der Waals surface area contributed by atoms with Gasteiger partial charge >= 0.3 is 11.9 Å². The lowest BCUT2D eigenvalue weighted by Crippen LogP contribution is -2.20. The molecule has 0 radical (unpaired) electrons. The first kappa shape index (κ1) is 20.9. The van der Waals surface area contributed by atoms with Crippen molar-refractivity contribution >= 4 is 29.6 Å². The van der Waals surface area contributed by atoms with Crippen LogP contribution in [0.5, 0.6) is 0 Å². The van der Waals surface area contributed by atoms with Gasteiger partial charge in [0, 0.05) is 11.8 Å². The summed E-state index contributed by atoms with van der Waals surface area (Å²) in [6.45, 7) is 3.85. The van der Waals surface area contributed by atoms with Crippen LogP contribution in [0.15, 0.2) is 60.7 Å². The van der Waals surface area contributed by atoms with Crippen LogP contribution in [0.1, 0.15) is 29.8 Å². The average molecular weight is 381 g/mol. The van der Waals surface area contributed by atoms with E-state index in [1.54, 1.807) is 30.3 Å². The van der Waals surface area contributed by atoms with Crippen molar-refractivity contribution in [3.8, 4) is 0 Å². The third kappa shape index (κ3) is 7.45. The molecule has 0 aliphatic heterocycles. The molecule has 28 heavy (non-hydrogen) atoms. The second kappa shape index (κ2) is 10.7.